The minimum absolute atomic E-state index is 0.165. The molecule has 0 atom stereocenters. The van der Waals surface area contributed by atoms with Crippen molar-refractivity contribution in [1.29, 1.82) is 0 Å². The molecule has 5 aliphatic rings. The summed E-state index contributed by atoms with van der Waals surface area (Å²) in [5, 5.41) is 4.79. The zero-order chi connectivity index (χ0) is 23.5. The first kappa shape index (κ1) is 22.3. The molecule has 4 fully saturated rings. The first-order chi connectivity index (χ1) is 16.3. The number of rotatable bonds is 6. The van der Waals surface area contributed by atoms with E-state index in [1.807, 2.05) is 6.33 Å². The summed E-state index contributed by atoms with van der Waals surface area (Å²) < 4.78 is 2.15. The van der Waals surface area contributed by atoms with Gasteiger partial charge in [0.1, 0.15) is 6.33 Å². The second kappa shape index (κ2) is 8.21. The Balaban J connectivity index is 0.959. The number of piperidine rings is 1. The Morgan fingerprint density at radius 2 is 1.79 bits per heavy atom. The van der Waals surface area contributed by atoms with Gasteiger partial charge < -0.3 is 9.80 Å². The van der Waals surface area contributed by atoms with Gasteiger partial charge >= 0.3 is 0 Å². The fraction of sp³-hybridized carbons (Fsp3) is 0.741. The highest BCUT2D eigenvalue weighted by Crippen LogP contribution is 2.43. The first-order valence-electron chi connectivity index (χ1n) is 13.4. The normalized spacial score (nSPS) is 25.9. The molecule has 0 bridgehead atoms. The van der Waals surface area contributed by atoms with Crippen molar-refractivity contribution in [2.24, 2.45) is 15.8 Å². The summed E-state index contributed by atoms with van der Waals surface area (Å²) in [5.74, 6) is 3.16. The lowest BCUT2D eigenvalue weighted by Crippen LogP contribution is -2.72. The van der Waals surface area contributed by atoms with Crippen LogP contribution in [0, 0.1) is 10.8 Å². The summed E-state index contributed by atoms with van der Waals surface area (Å²) in [4.78, 5) is 17.3. The molecule has 1 spiro atoms. The van der Waals surface area contributed by atoms with E-state index < -0.39 is 0 Å². The molecule has 34 heavy (non-hydrogen) atoms. The van der Waals surface area contributed by atoms with Crippen LogP contribution in [-0.4, -0.2) is 81.0 Å². The number of nitrogens with zero attached hydrogens (tertiary/aromatic N) is 7. The Hall–Kier alpha value is -2.15. The monoisotopic (exact) mass is 463 g/mol. The molecule has 1 aromatic heterocycles. The van der Waals surface area contributed by atoms with Crippen molar-refractivity contribution in [3.8, 4) is 0 Å². The lowest BCUT2D eigenvalue weighted by atomic mass is 9.72. The second-order valence-corrected chi connectivity index (χ2v) is 12.4. The van der Waals surface area contributed by atoms with E-state index in [9.17, 15) is 0 Å². The van der Waals surface area contributed by atoms with Gasteiger partial charge in [-0.1, -0.05) is 26.8 Å². The highest BCUT2D eigenvalue weighted by molar-refractivity contribution is 5.90. The number of likely N-dealkylation sites (tertiary alicyclic amines) is 3. The van der Waals surface area contributed by atoms with Crippen LogP contribution in [0.3, 0.4) is 0 Å². The standard InChI is InChI=1S/C27H41N7/c1-5-24(32-12-10-22(11-13-32)34-19-28-25(30-34)20-6-7-20)33-17-27(18-33)15-31(16-27)14-21-8-9-23(29-21)26(2,3)4/h5,9,19-20,22H,6-8,10-18H2,1-4H3/b24-5+. The van der Waals surface area contributed by atoms with E-state index >= 15 is 0 Å². The molecular weight excluding hydrogens is 422 g/mol. The van der Waals surface area contributed by atoms with Gasteiger partial charge in [0.15, 0.2) is 5.82 Å². The van der Waals surface area contributed by atoms with Crippen molar-refractivity contribution >= 4 is 5.71 Å². The minimum atomic E-state index is 0.165. The van der Waals surface area contributed by atoms with Crippen molar-refractivity contribution in [3.05, 3.63) is 35.8 Å². The van der Waals surface area contributed by atoms with E-state index in [1.54, 1.807) is 0 Å². The number of aliphatic imine (C=N–C) groups is 1. The highest BCUT2D eigenvalue weighted by atomic mass is 15.4. The number of aromatic nitrogens is 3. The molecule has 1 aliphatic carbocycles. The van der Waals surface area contributed by atoms with Crippen LogP contribution in [0.1, 0.15) is 77.6 Å². The van der Waals surface area contributed by atoms with Gasteiger partial charge in [-0.25, -0.2) is 9.67 Å². The summed E-state index contributed by atoms with van der Waals surface area (Å²) in [6, 6.07) is 0.504. The van der Waals surface area contributed by atoms with E-state index in [2.05, 4.69) is 64.2 Å². The Morgan fingerprint density at radius 1 is 1.06 bits per heavy atom. The average Bonchev–Trinajstić information content (AvgIpc) is 3.28. The molecule has 7 nitrogen and oxygen atoms in total. The molecule has 5 heterocycles. The summed E-state index contributed by atoms with van der Waals surface area (Å²) in [6.07, 6.45) is 12.5. The van der Waals surface area contributed by atoms with E-state index in [0.29, 0.717) is 17.4 Å². The predicted octanol–water partition coefficient (Wildman–Crippen LogP) is 4.05. The Bertz CT molecular complexity index is 1000. The lowest BCUT2D eigenvalue weighted by molar-refractivity contribution is -0.105. The zero-order valence-electron chi connectivity index (χ0n) is 21.5. The molecule has 6 rings (SSSR count). The van der Waals surface area contributed by atoms with Crippen molar-refractivity contribution < 1.29 is 0 Å². The maximum Gasteiger partial charge on any atom is 0.153 e. The fourth-order valence-electron chi connectivity index (χ4n) is 6.37. The van der Waals surface area contributed by atoms with E-state index in [-0.39, 0.29) is 5.41 Å². The Labute approximate surface area is 204 Å². The van der Waals surface area contributed by atoms with E-state index in [0.717, 1.165) is 44.7 Å². The van der Waals surface area contributed by atoms with Crippen molar-refractivity contribution in [2.75, 3.05) is 45.8 Å². The largest absolute Gasteiger partial charge is 0.358 e. The highest BCUT2D eigenvalue weighted by Gasteiger charge is 2.52. The van der Waals surface area contributed by atoms with Gasteiger partial charge in [0.05, 0.1) is 11.9 Å². The second-order valence-electron chi connectivity index (χ2n) is 12.4. The molecule has 7 heteroatoms. The molecular formula is C27H41N7. The minimum Gasteiger partial charge on any atom is -0.358 e. The van der Waals surface area contributed by atoms with Crippen LogP contribution in [0.2, 0.25) is 0 Å². The summed E-state index contributed by atoms with van der Waals surface area (Å²) in [5.41, 5.74) is 3.29. The van der Waals surface area contributed by atoms with Gasteiger partial charge in [-0.3, -0.25) is 9.89 Å². The third-order valence-corrected chi connectivity index (χ3v) is 8.37. The predicted molar refractivity (Wildman–Crippen MR) is 136 cm³/mol. The van der Waals surface area contributed by atoms with Gasteiger partial charge in [-0.15, -0.1) is 0 Å². The molecule has 3 saturated heterocycles. The molecule has 184 valence electrons. The van der Waals surface area contributed by atoms with E-state index in [1.165, 1.54) is 56.3 Å². The summed E-state index contributed by atoms with van der Waals surface area (Å²) >= 11 is 0. The molecule has 0 amide bonds. The van der Waals surface area contributed by atoms with Crippen LogP contribution in [0.15, 0.2) is 35.0 Å². The molecule has 4 aliphatic heterocycles. The van der Waals surface area contributed by atoms with Crippen molar-refractivity contribution in [1.82, 2.24) is 29.5 Å². The molecule has 0 N–H and O–H groups in total. The van der Waals surface area contributed by atoms with Gasteiger partial charge in [0.25, 0.3) is 0 Å². The third-order valence-electron chi connectivity index (χ3n) is 8.37. The van der Waals surface area contributed by atoms with Gasteiger partial charge in [0.2, 0.25) is 0 Å². The van der Waals surface area contributed by atoms with Crippen LogP contribution < -0.4 is 0 Å². The van der Waals surface area contributed by atoms with Crippen LogP contribution in [-0.2, 0) is 0 Å². The number of hydrogen-bond acceptors (Lipinski definition) is 6. The van der Waals surface area contributed by atoms with Crippen LogP contribution >= 0.6 is 0 Å². The van der Waals surface area contributed by atoms with Gasteiger partial charge in [-0.05, 0) is 38.7 Å². The SMILES string of the molecule is C/C=C(\N1CCC(n2cnc(C3CC3)n2)CC1)N1CC2(CN(CC3=NC(C(C)(C)C)=CC3)C2)C1. The van der Waals surface area contributed by atoms with Gasteiger partial charge in [0, 0.05) is 80.4 Å². The summed E-state index contributed by atoms with van der Waals surface area (Å²) in [6.45, 7) is 17.1. The van der Waals surface area contributed by atoms with Gasteiger partial charge in [-0.2, -0.15) is 5.10 Å². The average molecular weight is 464 g/mol. The van der Waals surface area contributed by atoms with Crippen LogP contribution in [0.5, 0.6) is 0 Å². The smallest absolute Gasteiger partial charge is 0.153 e. The quantitative estimate of drug-likeness (QED) is 0.637. The first-order valence-corrected chi connectivity index (χ1v) is 13.4. The van der Waals surface area contributed by atoms with Crippen molar-refractivity contribution in [3.63, 3.8) is 0 Å². The van der Waals surface area contributed by atoms with Crippen LogP contribution in [0.4, 0.5) is 0 Å². The molecule has 0 unspecified atom stereocenters. The fourth-order valence-corrected chi connectivity index (χ4v) is 6.37. The maximum atomic E-state index is 4.93. The number of hydrogen-bond donors (Lipinski definition) is 0. The molecule has 1 aromatic rings. The summed E-state index contributed by atoms with van der Waals surface area (Å²) in [7, 11) is 0. The lowest BCUT2D eigenvalue weighted by Gasteiger charge is -2.62. The van der Waals surface area contributed by atoms with Crippen molar-refractivity contribution in [2.45, 2.75) is 71.8 Å². The van der Waals surface area contributed by atoms with E-state index in [4.69, 9.17) is 10.1 Å². The topological polar surface area (TPSA) is 52.8 Å². The maximum absolute atomic E-state index is 4.93. The Morgan fingerprint density at radius 3 is 2.41 bits per heavy atom. The third kappa shape index (κ3) is 4.21. The molecule has 0 aromatic carbocycles. The Kier molecular flexibility index (Phi) is 5.39. The molecule has 0 radical (unpaired) electrons. The van der Waals surface area contributed by atoms with Crippen LogP contribution in [0.25, 0.3) is 0 Å². The molecule has 1 saturated carbocycles. The zero-order valence-corrected chi connectivity index (χ0v) is 21.5. The number of allylic oxidation sites excluding steroid dienone is 3.